The summed E-state index contributed by atoms with van der Waals surface area (Å²) < 4.78 is 0. The molecule has 2 rings (SSSR count). The standard InChI is InChI=1S/C26H34O4S/c27-25(28)17-18-31-24(20-26(29)30)23-16-10-15-22(19-23)14-7-4-2-1-3-6-11-21-12-8-5-9-13-21/h5,8-10,12-13,15-16,19,24H,1-4,6-7,11,14,17-18,20H2,(H,27,28)(H,29,30)/t24-/m0/s1. The first-order chi connectivity index (χ1) is 15.0. The summed E-state index contributed by atoms with van der Waals surface area (Å²) in [6, 6.07) is 18.8. The Kier molecular flexibility index (Phi) is 11.8. The van der Waals surface area contributed by atoms with Gasteiger partial charge in [0, 0.05) is 11.0 Å². The molecule has 2 aromatic carbocycles. The van der Waals surface area contributed by atoms with E-state index < -0.39 is 11.9 Å². The molecule has 168 valence electrons. The number of carboxylic acid groups (broad SMARTS) is 2. The Balaban J connectivity index is 1.68. The van der Waals surface area contributed by atoms with Gasteiger partial charge in [0.2, 0.25) is 0 Å². The molecule has 0 aliphatic rings. The van der Waals surface area contributed by atoms with E-state index in [-0.39, 0.29) is 18.1 Å². The van der Waals surface area contributed by atoms with Gasteiger partial charge in [0.1, 0.15) is 0 Å². The highest BCUT2D eigenvalue weighted by molar-refractivity contribution is 7.99. The smallest absolute Gasteiger partial charge is 0.304 e. The number of carboxylic acids is 2. The van der Waals surface area contributed by atoms with Crippen LogP contribution in [0.3, 0.4) is 0 Å². The van der Waals surface area contributed by atoms with Crippen LogP contribution in [-0.4, -0.2) is 27.9 Å². The molecule has 0 fully saturated rings. The summed E-state index contributed by atoms with van der Waals surface area (Å²) in [6.45, 7) is 0. The SMILES string of the molecule is O=C(O)CCS[C@@H](CC(=O)O)c1cccc(CCCCCCCCc2ccccc2)c1. The Morgan fingerprint density at radius 3 is 2.00 bits per heavy atom. The number of hydrogen-bond donors (Lipinski definition) is 2. The zero-order valence-electron chi connectivity index (χ0n) is 18.2. The minimum absolute atomic E-state index is 0.0106. The molecule has 0 unspecified atom stereocenters. The van der Waals surface area contributed by atoms with Crippen molar-refractivity contribution in [2.45, 2.75) is 69.5 Å². The van der Waals surface area contributed by atoms with Gasteiger partial charge in [-0.25, -0.2) is 0 Å². The molecule has 1 atom stereocenters. The van der Waals surface area contributed by atoms with Gasteiger partial charge in [0.25, 0.3) is 0 Å². The van der Waals surface area contributed by atoms with Gasteiger partial charge >= 0.3 is 11.9 Å². The first-order valence-corrected chi connectivity index (χ1v) is 12.3. The molecule has 0 amide bonds. The summed E-state index contributed by atoms with van der Waals surface area (Å²) in [7, 11) is 0. The molecule has 0 aromatic heterocycles. The quantitative estimate of drug-likeness (QED) is 0.289. The number of aliphatic carboxylic acids is 2. The number of hydrogen-bond acceptors (Lipinski definition) is 3. The van der Waals surface area contributed by atoms with Gasteiger partial charge in [-0.1, -0.05) is 80.3 Å². The second kappa shape index (κ2) is 14.7. The molecule has 0 aliphatic heterocycles. The van der Waals surface area contributed by atoms with Crippen molar-refractivity contribution >= 4 is 23.7 Å². The van der Waals surface area contributed by atoms with Crippen molar-refractivity contribution in [2.75, 3.05) is 5.75 Å². The maximum Gasteiger partial charge on any atom is 0.304 e. The number of rotatable bonds is 16. The topological polar surface area (TPSA) is 74.6 Å². The van der Waals surface area contributed by atoms with E-state index in [2.05, 4.69) is 42.5 Å². The lowest BCUT2D eigenvalue weighted by Crippen LogP contribution is -2.06. The van der Waals surface area contributed by atoms with Crippen LogP contribution in [0.1, 0.15) is 73.3 Å². The molecule has 0 heterocycles. The molecule has 2 aromatic rings. The lowest BCUT2D eigenvalue weighted by atomic mass is 10.0. The van der Waals surface area contributed by atoms with E-state index in [4.69, 9.17) is 5.11 Å². The molecule has 0 saturated heterocycles. The van der Waals surface area contributed by atoms with E-state index in [9.17, 15) is 14.7 Å². The van der Waals surface area contributed by atoms with Crippen LogP contribution in [0.4, 0.5) is 0 Å². The van der Waals surface area contributed by atoms with Crippen LogP contribution in [0, 0.1) is 0 Å². The van der Waals surface area contributed by atoms with Gasteiger partial charge in [-0.05, 0) is 42.4 Å². The van der Waals surface area contributed by atoms with E-state index in [0.717, 1.165) is 24.8 Å². The third-order valence-electron chi connectivity index (χ3n) is 5.34. The monoisotopic (exact) mass is 442 g/mol. The summed E-state index contributed by atoms with van der Waals surface area (Å²) in [5.74, 6) is -1.29. The highest BCUT2D eigenvalue weighted by Gasteiger charge is 2.17. The van der Waals surface area contributed by atoms with Crippen LogP contribution < -0.4 is 0 Å². The lowest BCUT2D eigenvalue weighted by molar-refractivity contribution is -0.137. The highest BCUT2D eigenvalue weighted by atomic mass is 32.2. The number of unbranched alkanes of at least 4 members (excludes halogenated alkanes) is 5. The summed E-state index contributed by atoms with van der Waals surface area (Å²) in [6.07, 6.45) is 9.61. The van der Waals surface area contributed by atoms with Gasteiger partial charge in [-0.15, -0.1) is 0 Å². The van der Waals surface area contributed by atoms with Gasteiger partial charge < -0.3 is 10.2 Å². The van der Waals surface area contributed by atoms with E-state index in [1.54, 1.807) is 0 Å². The predicted molar refractivity (Wildman–Crippen MR) is 128 cm³/mol. The Morgan fingerprint density at radius 1 is 0.742 bits per heavy atom. The number of aryl methyl sites for hydroxylation is 2. The molecule has 0 bridgehead atoms. The molecule has 0 aliphatic carbocycles. The molecule has 0 spiro atoms. The van der Waals surface area contributed by atoms with Crippen molar-refractivity contribution in [2.24, 2.45) is 0 Å². The highest BCUT2D eigenvalue weighted by Crippen LogP contribution is 2.33. The third-order valence-corrected chi connectivity index (χ3v) is 6.62. The largest absolute Gasteiger partial charge is 0.481 e. The fourth-order valence-corrected chi connectivity index (χ4v) is 4.86. The van der Waals surface area contributed by atoms with Crippen LogP contribution in [0.25, 0.3) is 0 Å². The average molecular weight is 443 g/mol. The molecular formula is C26H34O4S. The summed E-state index contributed by atoms with van der Waals surface area (Å²) >= 11 is 1.42. The van der Waals surface area contributed by atoms with Gasteiger partial charge in [-0.2, -0.15) is 11.8 Å². The van der Waals surface area contributed by atoms with E-state index in [1.165, 1.54) is 55.0 Å². The minimum Gasteiger partial charge on any atom is -0.481 e. The Morgan fingerprint density at radius 2 is 1.35 bits per heavy atom. The molecule has 5 heteroatoms. The number of benzene rings is 2. The van der Waals surface area contributed by atoms with Crippen LogP contribution >= 0.6 is 11.8 Å². The van der Waals surface area contributed by atoms with E-state index in [1.807, 2.05) is 12.1 Å². The zero-order valence-corrected chi connectivity index (χ0v) is 19.0. The Bertz CT molecular complexity index is 791. The van der Waals surface area contributed by atoms with Crippen LogP contribution in [0.5, 0.6) is 0 Å². The molecule has 0 saturated carbocycles. The second-order valence-electron chi connectivity index (χ2n) is 7.95. The number of carbonyl (C=O) groups is 2. The maximum absolute atomic E-state index is 11.2. The first kappa shape index (κ1) is 25.0. The minimum atomic E-state index is -0.856. The summed E-state index contributed by atoms with van der Waals surface area (Å²) in [4.78, 5) is 22.0. The Hall–Kier alpha value is -2.27. The van der Waals surface area contributed by atoms with E-state index in [0.29, 0.717) is 5.75 Å². The summed E-state index contributed by atoms with van der Waals surface area (Å²) in [5, 5.41) is 17.8. The molecule has 2 N–H and O–H groups in total. The fraction of sp³-hybridized carbons (Fsp3) is 0.462. The molecule has 0 radical (unpaired) electrons. The van der Waals surface area contributed by atoms with Crippen LogP contribution in [0.15, 0.2) is 54.6 Å². The van der Waals surface area contributed by atoms with Crippen LogP contribution in [-0.2, 0) is 22.4 Å². The zero-order chi connectivity index (χ0) is 22.3. The first-order valence-electron chi connectivity index (χ1n) is 11.2. The van der Waals surface area contributed by atoms with Gasteiger partial charge in [0.05, 0.1) is 12.8 Å². The van der Waals surface area contributed by atoms with Gasteiger partial charge in [-0.3, -0.25) is 9.59 Å². The van der Waals surface area contributed by atoms with Crippen LogP contribution in [0.2, 0.25) is 0 Å². The number of thioether (sulfide) groups is 1. The van der Waals surface area contributed by atoms with Crippen molar-refractivity contribution < 1.29 is 19.8 Å². The third kappa shape index (κ3) is 11.1. The summed E-state index contributed by atoms with van der Waals surface area (Å²) in [5.41, 5.74) is 3.64. The van der Waals surface area contributed by atoms with E-state index >= 15 is 0 Å². The Labute approximate surface area is 190 Å². The maximum atomic E-state index is 11.2. The van der Waals surface area contributed by atoms with Crippen molar-refractivity contribution in [1.82, 2.24) is 0 Å². The average Bonchev–Trinajstić information content (AvgIpc) is 2.75. The van der Waals surface area contributed by atoms with Crippen molar-refractivity contribution in [1.29, 1.82) is 0 Å². The lowest BCUT2D eigenvalue weighted by Gasteiger charge is -2.16. The molecule has 4 nitrogen and oxygen atoms in total. The van der Waals surface area contributed by atoms with Crippen molar-refractivity contribution in [3.8, 4) is 0 Å². The predicted octanol–water partition coefficient (Wildman–Crippen LogP) is 6.54. The normalized spacial score (nSPS) is 11.9. The van der Waals surface area contributed by atoms with Gasteiger partial charge in [0.15, 0.2) is 0 Å². The molecule has 31 heavy (non-hydrogen) atoms. The molecular weight excluding hydrogens is 408 g/mol. The van der Waals surface area contributed by atoms with Crippen molar-refractivity contribution in [3.63, 3.8) is 0 Å². The fourth-order valence-electron chi connectivity index (χ4n) is 3.68. The van der Waals surface area contributed by atoms with Crippen molar-refractivity contribution in [3.05, 3.63) is 71.3 Å². The second-order valence-corrected chi connectivity index (χ2v) is 9.26.